The van der Waals surface area contributed by atoms with Crippen LogP contribution in [-0.2, 0) is 16.1 Å². The second-order valence-corrected chi connectivity index (χ2v) is 11.8. The van der Waals surface area contributed by atoms with Gasteiger partial charge in [0.05, 0.1) is 46.0 Å². The molecule has 0 radical (unpaired) electrons. The van der Waals surface area contributed by atoms with E-state index in [0.29, 0.717) is 16.1 Å². The van der Waals surface area contributed by atoms with Crippen molar-refractivity contribution in [3.05, 3.63) is 124 Å². The molecule has 47 heavy (non-hydrogen) atoms. The molecule has 242 valence electrons. The molecular formula is C33H24Cl2F3N3O5S. The second kappa shape index (κ2) is 14.0. The molecule has 1 aromatic heterocycles. The molecule has 0 aliphatic carbocycles. The average Bonchev–Trinajstić information content (AvgIpc) is 3.34. The van der Waals surface area contributed by atoms with Gasteiger partial charge in [0, 0.05) is 5.02 Å². The molecule has 1 aliphatic heterocycles. The number of hydrogen-bond donors (Lipinski definition) is 0. The van der Waals surface area contributed by atoms with Gasteiger partial charge in [-0.15, -0.1) is 0 Å². The number of esters is 1. The van der Waals surface area contributed by atoms with E-state index in [0.717, 1.165) is 21.5 Å². The van der Waals surface area contributed by atoms with Crippen LogP contribution in [0.5, 0.6) is 11.5 Å². The van der Waals surface area contributed by atoms with Crippen molar-refractivity contribution in [2.45, 2.75) is 32.7 Å². The lowest BCUT2D eigenvalue weighted by molar-refractivity contribution is -0.140. The zero-order valence-corrected chi connectivity index (χ0v) is 27.1. The van der Waals surface area contributed by atoms with Crippen LogP contribution in [0.3, 0.4) is 0 Å². The molecule has 4 aromatic rings. The van der Waals surface area contributed by atoms with Crippen LogP contribution in [0.15, 0.2) is 81.7 Å². The predicted octanol–water partition coefficient (Wildman–Crippen LogP) is 6.50. The highest BCUT2D eigenvalue weighted by atomic mass is 35.5. The van der Waals surface area contributed by atoms with E-state index >= 15 is 0 Å². The van der Waals surface area contributed by atoms with Crippen LogP contribution in [0.2, 0.25) is 10.0 Å². The number of carbonyl (C=O) groups excluding carboxylic acids is 1. The average molecular weight is 703 g/mol. The van der Waals surface area contributed by atoms with E-state index in [9.17, 15) is 22.8 Å². The molecule has 0 spiro atoms. The molecular weight excluding hydrogens is 678 g/mol. The zero-order valence-electron chi connectivity index (χ0n) is 24.7. The standard InChI is InChI=1S/C33H24Cl2F3N3O5S/c1-3-44-24-14-20(13-23(35)28(24)46-17-19-7-5-18(16-39)6-8-19)15-25-30(42)41-27(21-9-11-22(34)12-10-21)26(31(43)45-4-2)29(33(36,37)38)40-32(41)47-25/h5-15,27H,3-4,17H2,1-2H3/b25-15-/t27-/m0/s1. The quantitative estimate of drug-likeness (QED) is 0.185. The Bertz CT molecular complexity index is 2080. The fraction of sp³-hybridized carbons (Fsp3) is 0.212. The molecule has 5 rings (SSSR count). The molecule has 3 aromatic carbocycles. The molecule has 8 nitrogen and oxygen atoms in total. The van der Waals surface area contributed by atoms with Gasteiger partial charge in [-0.25, -0.2) is 9.79 Å². The number of thiazole rings is 1. The molecule has 2 heterocycles. The lowest BCUT2D eigenvalue weighted by Crippen LogP contribution is -2.41. The predicted molar refractivity (Wildman–Crippen MR) is 170 cm³/mol. The summed E-state index contributed by atoms with van der Waals surface area (Å²) < 4.78 is 60.9. The molecule has 0 saturated carbocycles. The maximum atomic E-state index is 14.4. The van der Waals surface area contributed by atoms with Crippen molar-refractivity contribution in [2.24, 2.45) is 4.99 Å². The number of alkyl halides is 3. The van der Waals surface area contributed by atoms with Gasteiger partial charge >= 0.3 is 12.1 Å². The lowest BCUT2D eigenvalue weighted by Gasteiger charge is -2.26. The van der Waals surface area contributed by atoms with E-state index in [1.807, 2.05) is 0 Å². The first kappa shape index (κ1) is 33.8. The Kier molecular flexibility index (Phi) is 10.1. The third-order valence-electron chi connectivity index (χ3n) is 6.88. The summed E-state index contributed by atoms with van der Waals surface area (Å²) in [6, 6.07) is 16.3. The molecule has 1 atom stereocenters. The number of carbonyl (C=O) groups is 1. The van der Waals surface area contributed by atoms with Crippen LogP contribution in [0.4, 0.5) is 13.2 Å². The van der Waals surface area contributed by atoms with Gasteiger partial charge in [-0.1, -0.05) is 58.8 Å². The number of aromatic nitrogens is 1. The van der Waals surface area contributed by atoms with Gasteiger partial charge in [-0.3, -0.25) is 9.36 Å². The van der Waals surface area contributed by atoms with Gasteiger partial charge < -0.3 is 14.2 Å². The van der Waals surface area contributed by atoms with Gasteiger partial charge in [0.1, 0.15) is 6.61 Å². The monoisotopic (exact) mass is 701 g/mol. The number of hydrogen-bond acceptors (Lipinski definition) is 8. The summed E-state index contributed by atoms with van der Waals surface area (Å²) in [5.41, 5.74) is -1.07. The highest BCUT2D eigenvalue weighted by molar-refractivity contribution is 7.07. The molecule has 0 bridgehead atoms. The summed E-state index contributed by atoms with van der Waals surface area (Å²) in [7, 11) is 0. The van der Waals surface area contributed by atoms with Crippen LogP contribution in [-0.4, -0.2) is 29.9 Å². The fourth-order valence-corrected chi connectivity index (χ4v) is 6.26. The van der Waals surface area contributed by atoms with Crippen molar-refractivity contribution in [1.29, 1.82) is 5.26 Å². The molecule has 14 heteroatoms. The number of rotatable bonds is 9. The Morgan fingerprint density at radius 2 is 1.77 bits per heavy atom. The van der Waals surface area contributed by atoms with E-state index in [1.165, 1.54) is 43.3 Å². The number of nitriles is 1. The van der Waals surface area contributed by atoms with Gasteiger partial charge in [0.25, 0.3) is 5.56 Å². The summed E-state index contributed by atoms with van der Waals surface area (Å²) in [4.78, 5) is 30.4. The Balaban J connectivity index is 1.63. The van der Waals surface area contributed by atoms with E-state index in [-0.39, 0.29) is 51.2 Å². The van der Waals surface area contributed by atoms with Gasteiger partial charge in [-0.2, -0.15) is 18.4 Å². The smallest absolute Gasteiger partial charge is 0.434 e. The number of fused-ring (bicyclic) bond motifs is 1. The number of allylic oxidation sites excluding steroid dienone is 1. The van der Waals surface area contributed by atoms with Crippen molar-refractivity contribution < 1.29 is 32.2 Å². The zero-order chi connectivity index (χ0) is 33.9. The van der Waals surface area contributed by atoms with Crippen molar-refractivity contribution in [2.75, 3.05) is 13.2 Å². The van der Waals surface area contributed by atoms with Crippen molar-refractivity contribution in [1.82, 2.24) is 4.57 Å². The van der Waals surface area contributed by atoms with Crippen molar-refractivity contribution >= 4 is 46.6 Å². The molecule has 0 N–H and O–H groups in total. The summed E-state index contributed by atoms with van der Waals surface area (Å²) >= 11 is 13.4. The first-order valence-electron chi connectivity index (χ1n) is 14.1. The van der Waals surface area contributed by atoms with E-state index in [4.69, 9.17) is 42.7 Å². The number of benzene rings is 3. The minimum atomic E-state index is -5.03. The van der Waals surface area contributed by atoms with E-state index in [1.54, 1.807) is 37.3 Å². The van der Waals surface area contributed by atoms with Gasteiger partial charge in [0.2, 0.25) is 0 Å². The minimum Gasteiger partial charge on any atom is -0.490 e. The number of halogens is 5. The number of ether oxygens (including phenoxy) is 3. The first-order valence-corrected chi connectivity index (χ1v) is 15.7. The summed E-state index contributed by atoms with van der Waals surface area (Å²) in [6.45, 7) is 3.41. The topological polar surface area (TPSA) is 103 Å². The number of nitrogens with zero attached hydrogens (tertiary/aromatic N) is 3. The maximum Gasteiger partial charge on any atom is 0.434 e. The largest absolute Gasteiger partial charge is 0.490 e. The fourth-order valence-electron chi connectivity index (χ4n) is 4.86. The SMILES string of the molecule is CCOC(=O)C1=C(C(F)(F)F)N=c2s/c(=C\c3cc(Cl)c(OCc4ccc(C#N)cc4)c(OCC)c3)c(=O)n2[C@H]1c1ccc(Cl)cc1. The Morgan fingerprint density at radius 3 is 2.38 bits per heavy atom. The normalized spacial score (nSPS) is 14.7. The van der Waals surface area contributed by atoms with Gasteiger partial charge in [-0.05, 0) is 73.0 Å². The van der Waals surface area contributed by atoms with Crippen LogP contribution >= 0.6 is 34.5 Å². The Labute approximate surface area is 280 Å². The minimum absolute atomic E-state index is 0.0270. The maximum absolute atomic E-state index is 14.4. The van der Waals surface area contributed by atoms with Crippen molar-refractivity contribution in [3.63, 3.8) is 0 Å². The van der Waals surface area contributed by atoms with E-state index < -0.39 is 35.0 Å². The summed E-state index contributed by atoms with van der Waals surface area (Å²) in [6.07, 6.45) is -3.59. The van der Waals surface area contributed by atoms with Crippen LogP contribution in [0, 0.1) is 11.3 Å². The summed E-state index contributed by atoms with van der Waals surface area (Å²) in [5.74, 6) is -0.730. The van der Waals surface area contributed by atoms with Crippen LogP contribution in [0.1, 0.15) is 42.1 Å². The highest BCUT2D eigenvalue weighted by Gasteiger charge is 2.45. The lowest BCUT2D eigenvalue weighted by atomic mass is 9.95. The molecule has 0 saturated heterocycles. The Hall–Kier alpha value is -4.57. The van der Waals surface area contributed by atoms with Crippen molar-refractivity contribution in [3.8, 4) is 17.6 Å². The molecule has 0 fully saturated rings. The summed E-state index contributed by atoms with van der Waals surface area (Å²) in [5, 5.41) is 9.49. The third kappa shape index (κ3) is 7.22. The first-order chi connectivity index (χ1) is 22.4. The second-order valence-electron chi connectivity index (χ2n) is 9.98. The van der Waals surface area contributed by atoms with Crippen LogP contribution in [0.25, 0.3) is 6.08 Å². The highest BCUT2D eigenvalue weighted by Crippen LogP contribution is 2.39. The Morgan fingerprint density at radius 1 is 1.06 bits per heavy atom. The molecule has 0 unspecified atom stereocenters. The molecule has 1 aliphatic rings. The third-order valence-corrected chi connectivity index (χ3v) is 8.39. The van der Waals surface area contributed by atoms with E-state index in [2.05, 4.69) is 11.1 Å². The van der Waals surface area contributed by atoms with Gasteiger partial charge in [0.15, 0.2) is 22.0 Å². The molecule has 0 amide bonds. The van der Waals surface area contributed by atoms with Crippen LogP contribution < -0.4 is 24.4 Å².